The minimum absolute atomic E-state index is 0.111. The van der Waals surface area contributed by atoms with Gasteiger partial charge in [0.1, 0.15) is 11.9 Å². The average Bonchev–Trinajstić information content (AvgIpc) is 2.99. The third-order valence-corrected chi connectivity index (χ3v) is 3.06. The van der Waals surface area contributed by atoms with Gasteiger partial charge in [-0.2, -0.15) is 5.26 Å². The average molecular weight is 287 g/mol. The predicted octanol–water partition coefficient (Wildman–Crippen LogP) is 2.51. The van der Waals surface area contributed by atoms with E-state index in [1.807, 2.05) is 6.07 Å². The van der Waals surface area contributed by atoms with Gasteiger partial charge in [0.05, 0.1) is 22.8 Å². The Balaban J connectivity index is 2.22. The molecule has 2 aromatic rings. The lowest BCUT2D eigenvalue weighted by molar-refractivity contribution is -0.385. The summed E-state index contributed by atoms with van der Waals surface area (Å²) in [7, 11) is 0. The number of furan rings is 1. The summed E-state index contributed by atoms with van der Waals surface area (Å²) in [5.74, 6) is 0.395. The first-order valence-corrected chi connectivity index (χ1v) is 6.17. The lowest BCUT2D eigenvalue weighted by Crippen LogP contribution is -2.13. The number of nitriles is 1. The monoisotopic (exact) mass is 287 g/mol. The van der Waals surface area contributed by atoms with Gasteiger partial charge in [-0.1, -0.05) is 0 Å². The Bertz CT molecular complexity index is 689. The Kier molecular flexibility index (Phi) is 4.21. The zero-order valence-corrected chi connectivity index (χ0v) is 11.2. The number of nitro groups is 1. The molecule has 1 aromatic carbocycles. The highest BCUT2D eigenvalue weighted by molar-refractivity contribution is 5.64. The fourth-order valence-electron chi connectivity index (χ4n) is 1.92. The summed E-state index contributed by atoms with van der Waals surface area (Å²) in [6, 6.07) is 7.91. The number of benzene rings is 1. The summed E-state index contributed by atoms with van der Waals surface area (Å²) < 4.78 is 5.07. The lowest BCUT2D eigenvalue weighted by Gasteiger charge is -2.13. The fourth-order valence-corrected chi connectivity index (χ4v) is 1.92. The van der Waals surface area contributed by atoms with Gasteiger partial charge in [0.25, 0.3) is 5.69 Å². The van der Waals surface area contributed by atoms with E-state index in [1.54, 1.807) is 19.1 Å². The number of aliphatic hydroxyl groups excluding tert-OH is 1. The molecule has 0 aliphatic heterocycles. The number of hydrogen-bond acceptors (Lipinski definition) is 6. The Morgan fingerprint density at radius 1 is 1.57 bits per heavy atom. The van der Waals surface area contributed by atoms with E-state index in [9.17, 15) is 15.2 Å². The topological polar surface area (TPSA) is 112 Å². The number of rotatable bonds is 5. The largest absolute Gasteiger partial charge is 0.467 e. The van der Waals surface area contributed by atoms with Crippen LogP contribution in [-0.4, -0.2) is 16.6 Å². The normalized spacial score (nSPS) is 11.7. The maximum absolute atomic E-state index is 11.0. The first-order valence-electron chi connectivity index (χ1n) is 6.17. The van der Waals surface area contributed by atoms with Crippen LogP contribution in [0.25, 0.3) is 0 Å². The van der Waals surface area contributed by atoms with E-state index in [1.165, 1.54) is 18.4 Å². The van der Waals surface area contributed by atoms with Gasteiger partial charge in [0, 0.05) is 23.9 Å². The SMILES string of the molecule is Cc1c(NCC(O)c2ccco2)cc(C#N)cc1[N+](=O)[O-]. The van der Waals surface area contributed by atoms with E-state index in [0.717, 1.165) is 0 Å². The van der Waals surface area contributed by atoms with Crippen molar-refractivity contribution >= 4 is 11.4 Å². The van der Waals surface area contributed by atoms with Crippen LogP contribution >= 0.6 is 0 Å². The Morgan fingerprint density at radius 2 is 2.33 bits per heavy atom. The molecule has 1 heterocycles. The molecule has 21 heavy (non-hydrogen) atoms. The molecular formula is C14H13N3O4. The molecule has 1 atom stereocenters. The molecule has 2 N–H and O–H groups in total. The molecule has 0 saturated carbocycles. The van der Waals surface area contributed by atoms with Gasteiger partial charge in [-0.3, -0.25) is 10.1 Å². The van der Waals surface area contributed by atoms with E-state index >= 15 is 0 Å². The number of nitrogens with one attached hydrogen (secondary N) is 1. The van der Waals surface area contributed by atoms with Crippen LogP contribution in [0.4, 0.5) is 11.4 Å². The number of anilines is 1. The van der Waals surface area contributed by atoms with Crippen molar-refractivity contribution in [3.8, 4) is 6.07 Å². The second kappa shape index (κ2) is 6.07. The van der Waals surface area contributed by atoms with Crippen LogP contribution in [-0.2, 0) is 0 Å². The summed E-state index contributed by atoms with van der Waals surface area (Å²) in [4.78, 5) is 10.4. The number of hydrogen-bond donors (Lipinski definition) is 2. The first-order chi connectivity index (χ1) is 10.0. The van der Waals surface area contributed by atoms with Crippen molar-refractivity contribution in [3.05, 3.63) is 57.5 Å². The third-order valence-electron chi connectivity index (χ3n) is 3.06. The maximum atomic E-state index is 11.0. The molecule has 0 aliphatic carbocycles. The van der Waals surface area contributed by atoms with Crippen LogP contribution < -0.4 is 5.32 Å². The Morgan fingerprint density at radius 3 is 2.90 bits per heavy atom. The molecule has 0 bridgehead atoms. The van der Waals surface area contributed by atoms with Crippen molar-refractivity contribution in [1.82, 2.24) is 0 Å². The smallest absolute Gasteiger partial charge is 0.275 e. The molecule has 0 aliphatic rings. The van der Waals surface area contributed by atoms with Crippen molar-refractivity contribution in [2.75, 3.05) is 11.9 Å². The summed E-state index contributed by atoms with van der Waals surface area (Å²) >= 11 is 0. The van der Waals surface area contributed by atoms with Gasteiger partial charge in [0.2, 0.25) is 0 Å². The molecule has 0 spiro atoms. The maximum Gasteiger partial charge on any atom is 0.275 e. The van der Waals surface area contributed by atoms with Gasteiger partial charge in [-0.25, -0.2) is 0 Å². The molecule has 7 nitrogen and oxygen atoms in total. The Hall–Kier alpha value is -2.85. The first kappa shape index (κ1) is 14.6. The van der Waals surface area contributed by atoms with Gasteiger partial charge >= 0.3 is 0 Å². The summed E-state index contributed by atoms with van der Waals surface area (Å²) in [5.41, 5.74) is 0.892. The number of nitrogens with zero attached hydrogens (tertiary/aromatic N) is 2. The molecule has 1 unspecified atom stereocenters. The van der Waals surface area contributed by atoms with Crippen LogP contribution in [0.15, 0.2) is 34.9 Å². The summed E-state index contributed by atoms with van der Waals surface area (Å²) in [5, 5.41) is 32.7. The van der Waals surface area contributed by atoms with E-state index < -0.39 is 11.0 Å². The van der Waals surface area contributed by atoms with Crippen molar-refractivity contribution in [2.24, 2.45) is 0 Å². The van der Waals surface area contributed by atoms with E-state index in [-0.39, 0.29) is 17.8 Å². The molecule has 0 amide bonds. The Labute approximate surface area is 120 Å². The van der Waals surface area contributed by atoms with Crippen LogP contribution in [0.2, 0.25) is 0 Å². The predicted molar refractivity (Wildman–Crippen MR) is 74.7 cm³/mol. The van der Waals surface area contributed by atoms with Gasteiger partial charge in [-0.05, 0) is 25.1 Å². The second-order valence-corrected chi connectivity index (χ2v) is 4.45. The van der Waals surface area contributed by atoms with Crippen LogP contribution in [0.1, 0.15) is 23.0 Å². The standard InChI is InChI=1S/C14H13N3O4/c1-9-11(5-10(7-15)6-12(9)17(19)20)16-8-13(18)14-3-2-4-21-14/h2-6,13,16,18H,8H2,1H3. The zero-order chi connectivity index (χ0) is 15.4. The summed E-state index contributed by atoms with van der Waals surface area (Å²) in [6.07, 6.45) is 0.564. The molecule has 0 radical (unpaired) electrons. The van der Waals surface area contributed by atoms with Crippen LogP contribution in [0.5, 0.6) is 0 Å². The quantitative estimate of drug-likeness (QED) is 0.645. The third kappa shape index (κ3) is 3.19. The van der Waals surface area contributed by atoms with Crippen molar-refractivity contribution < 1.29 is 14.4 Å². The minimum atomic E-state index is -0.885. The van der Waals surface area contributed by atoms with Gasteiger partial charge in [-0.15, -0.1) is 0 Å². The lowest BCUT2D eigenvalue weighted by atomic mass is 10.1. The molecular weight excluding hydrogens is 274 g/mol. The van der Waals surface area contributed by atoms with Crippen LogP contribution in [0, 0.1) is 28.4 Å². The van der Waals surface area contributed by atoms with Gasteiger partial charge < -0.3 is 14.8 Å². The highest BCUT2D eigenvalue weighted by Crippen LogP contribution is 2.28. The highest BCUT2D eigenvalue weighted by Gasteiger charge is 2.17. The second-order valence-electron chi connectivity index (χ2n) is 4.45. The zero-order valence-electron chi connectivity index (χ0n) is 11.2. The minimum Gasteiger partial charge on any atom is -0.467 e. The van der Waals surface area contributed by atoms with E-state index in [0.29, 0.717) is 17.0 Å². The molecule has 0 saturated heterocycles. The summed E-state index contributed by atoms with van der Waals surface area (Å²) in [6.45, 7) is 1.70. The molecule has 0 fully saturated rings. The van der Waals surface area contributed by atoms with Gasteiger partial charge in [0.15, 0.2) is 0 Å². The van der Waals surface area contributed by atoms with Crippen molar-refractivity contribution in [1.29, 1.82) is 5.26 Å². The van der Waals surface area contributed by atoms with Crippen molar-refractivity contribution in [2.45, 2.75) is 13.0 Å². The number of nitro benzene ring substituents is 1. The molecule has 7 heteroatoms. The fraction of sp³-hybridized carbons (Fsp3) is 0.214. The van der Waals surface area contributed by atoms with E-state index in [4.69, 9.17) is 9.68 Å². The van der Waals surface area contributed by atoms with E-state index in [2.05, 4.69) is 5.32 Å². The molecule has 108 valence electrons. The molecule has 1 aromatic heterocycles. The van der Waals surface area contributed by atoms with Crippen molar-refractivity contribution in [3.63, 3.8) is 0 Å². The van der Waals surface area contributed by atoms with Crippen LogP contribution in [0.3, 0.4) is 0 Å². The molecule has 2 rings (SSSR count). The number of aliphatic hydroxyl groups is 1. The highest BCUT2D eigenvalue weighted by atomic mass is 16.6.